The fourth-order valence-electron chi connectivity index (χ4n) is 8.77. The molecule has 1 aliphatic heterocycles. The summed E-state index contributed by atoms with van der Waals surface area (Å²) in [6.07, 6.45) is 12.2. The third kappa shape index (κ3) is 6.61. The van der Waals surface area contributed by atoms with Gasteiger partial charge in [0.1, 0.15) is 23.5 Å². The largest absolute Gasteiger partial charge is 0.496 e. The average molecular weight is 688 g/mol. The smallest absolute Gasteiger partial charge is 0.410 e. The molecule has 50 heavy (non-hydrogen) atoms. The normalized spacial score (nSPS) is 26.5. The van der Waals surface area contributed by atoms with E-state index >= 15 is 4.39 Å². The Kier molecular flexibility index (Phi) is 9.39. The number of ether oxygens (including phenoxy) is 2. The van der Waals surface area contributed by atoms with Crippen LogP contribution in [0.1, 0.15) is 95.2 Å². The van der Waals surface area contributed by atoms with Crippen molar-refractivity contribution in [3.8, 4) is 16.9 Å². The topological polar surface area (TPSA) is 110 Å². The van der Waals surface area contributed by atoms with Crippen molar-refractivity contribution in [3.63, 3.8) is 0 Å². The van der Waals surface area contributed by atoms with Gasteiger partial charge in [0.25, 0.3) is 0 Å². The van der Waals surface area contributed by atoms with Crippen molar-refractivity contribution in [2.45, 2.75) is 109 Å². The number of halogens is 1. The van der Waals surface area contributed by atoms with E-state index in [4.69, 9.17) is 9.47 Å². The molecule has 0 unspecified atom stereocenters. The minimum absolute atomic E-state index is 0.00569. The fraction of sp³-hybridized carbons (Fsp3) is 0.590. The first-order chi connectivity index (χ1) is 24.0. The van der Waals surface area contributed by atoms with Crippen LogP contribution in [-0.4, -0.2) is 75.7 Å². The Labute approximate surface area is 294 Å². The number of aliphatic hydroxyl groups is 1. The molecule has 2 bridgehead atoms. The summed E-state index contributed by atoms with van der Waals surface area (Å²) in [6.45, 7) is 7.29. The van der Waals surface area contributed by atoms with Crippen LogP contribution in [0, 0.1) is 24.1 Å². The molecule has 0 atom stereocenters. The summed E-state index contributed by atoms with van der Waals surface area (Å²) >= 11 is 0. The number of aromatic nitrogens is 3. The molecule has 0 spiro atoms. The van der Waals surface area contributed by atoms with Crippen LogP contribution in [0.4, 0.5) is 15.0 Å². The standard InChI is InChI=1S/C39H50FN5O5/c1-25(2)45-21-28(19-42-45)32-18-35(41-20-33(32)40)44(36(47)27-5-8-31(9-6-27)50-37(48)43-22-30(46)23-43)24-38-11-14-39(15-12-38,16-13-38)29-7-10-34(49-4)26(3)17-29/h7,10,17-21,25,27,30-31,46H,5-6,8-9,11-16,22-24H2,1-4H3/t27-,31-,38?,39?. The third-order valence-corrected chi connectivity index (χ3v) is 12.1. The number of aryl methyl sites for hydroxylation is 1. The number of hydrogen-bond donors (Lipinski definition) is 1. The van der Waals surface area contributed by atoms with Gasteiger partial charge in [-0.25, -0.2) is 14.2 Å². The van der Waals surface area contributed by atoms with E-state index in [1.165, 1.54) is 16.7 Å². The number of anilines is 1. The Morgan fingerprint density at radius 1 is 1.04 bits per heavy atom. The predicted octanol–water partition coefficient (Wildman–Crippen LogP) is 6.98. The summed E-state index contributed by atoms with van der Waals surface area (Å²) < 4.78 is 28.4. The van der Waals surface area contributed by atoms with Crippen LogP contribution < -0.4 is 9.64 Å². The van der Waals surface area contributed by atoms with Gasteiger partial charge in [-0.2, -0.15) is 5.10 Å². The van der Waals surface area contributed by atoms with Crippen LogP contribution in [-0.2, 0) is 14.9 Å². The average Bonchev–Trinajstić information content (AvgIpc) is 3.61. The Morgan fingerprint density at radius 3 is 2.34 bits per heavy atom. The summed E-state index contributed by atoms with van der Waals surface area (Å²) in [4.78, 5) is 35.0. The van der Waals surface area contributed by atoms with Crippen LogP contribution in [0.2, 0.25) is 0 Å². The first-order valence-corrected chi connectivity index (χ1v) is 18.3. The number of likely N-dealkylation sites (tertiary alicyclic amines) is 1. The summed E-state index contributed by atoms with van der Waals surface area (Å²) in [6, 6.07) is 8.45. The number of amides is 2. The minimum Gasteiger partial charge on any atom is -0.496 e. The van der Waals surface area contributed by atoms with E-state index in [1.807, 2.05) is 24.9 Å². The lowest BCUT2D eigenvalue weighted by Crippen LogP contribution is -2.54. The monoisotopic (exact) mass is 687 g/mol. The molecule has 2 aromatic heterocycles. The molecule has 1 aromatic carbocycles. The zero-order valence-corrected chi connectivity index (χ0v) is 29.7. The number of rotatable bonds is 9. The van der Waals surface area contributed by atoms with Crippen LogP contribution >= 0.6 is 0 Å². The second-order valence-electron chi connectivity index (χ2n) is 15.6. The molecule has 10 nitrogen and oxygen atoms in total. The van der Waals surface area contributed by atoms with Crippen molar-refractivity contribution < 1.29 is 28.6 Å². The highest BCUT2D eigenvalue weighted by molar-refractivity contribution is 5.95. The van der Waals surface area contributed by atoms with Crippen LogP contribution in [0.3, 0.4) is 0 Å². The lowest BCUT2D eigenvalue weighted by atomic mass is 9.51. The van der Waals surface area contributed by atoms with Gasteiger partial charge in [-0.15, -0.1) is 0 Å². The Morgan fingerprint density at radius 2 is 1.74 bits per heavy atom. The van der Waals surface area contributed by atoms with Gasteiger partial charge in [-0.1, -0.05) is 12.1 Å². The third-order valence-electron chi connectivity index (χ3n) is 12.1. The summed E-state index contributed by atoms with van der Waals surface area (Å²) in [7, 11) is 1.71. The van der Waals surface area contributed by atoms with Crippen molar-refractivity contribution in [3.05, 3.63) is 59.8 Å². The number of pyridine rings is 1. The number of benzene rings is 1. The number of aliphatic hydroxyl groups excluding tert-OH is 1. The fourth-order valence-corrected chi connectivity index (χ4v) is 8.77. The number of hydrogen-bond acceptors (Lipinski definition) is 7. The van der Waals surface area contributed by atoms with Gasteiger partial charge in [-0.3, -0.25) is 14.4 Å². The van der Waals surface area contributed by atoms with Gasteiger partial charge in [0.2, 0.25) is 5.91 Å². The lowest BCUT2D eigenvalue weighted by molar-refractivity contribution is -0.124. The Bertz CT molecular complexity index is 1700. The molecule has 0 radical (unpaired) electrons. The molecule has 11 heteroatoms. The number of carbonyl (C=O) groups excluding carboxylic acids is 2. The maximum Gasteiger partial charge on any atom is 0.410 e. The molecule has 268 valence electrons. The van der Waals surface area contributed by atoms with Crippen molar-refractivity contribution in [2.75, 3.05) is 31.6 Å². The first-order valence-electron chi connectivity index (χ1n) is 18.3. The maximum absolute atomic E-state index is 15.4. The number of nitrogens with zero attached hydrogens (tertiary/aromatic N) is 5. The Balaban J connectivity index is 1.12. The van der Waals surface area contributed by atoms with Gasteiger partial charge >= 0.3 is 6.09 Å². The van der Waals surface area contributed by atoms with Crippen LogP contribution in [0.5, 0.6) is 5.75 Å². The molecule has 3 aromatic rings. The quantitative estimate of drug-likeness (QED) is 0.259. The second kappa shape index (κ2) is 13.6. The highest BCUT2D eigenvalue weighted by Crippen LogP contribution is 2.58. The van der Waals surface area contributed by atoms with Crippen molar-refractivity contribution in [2.24, 2.45) is 11.3 Å². The Hall–Kier alpha value is -3.99. The van der Waals surface area contributed by atoms with E-state index in [0.717, 1.165) is 49.8 Å². The minimum atomic E-state index is -0.482. The second-order valence-corrected chi connectivity index (χ2v) is 15.6. The first kappa shape index (κ1) is 34.5. The number of carbonyl (C=O) groups is 2. The molecule has 1 N–H and O–H groups in total. The number of fused-ring (bicyclic) bond motifs is 3. The lowest BCUT2D eigenvalue weighted by Gasteiger charge is -2.55. The molecule has 3 heterocycles. The zero-order valence-electron chi connectivity index (χ0n) is 29.7. The van der Waals surface area contributed by atoms with Crippen LogP contribution in [0.15, 0.2) is 42.9 Å². The van der Waals surface area contributed by atoms with Gasteiger partial charge in [0.15, 0.2) is 0 Å². The maximum atomic E-state index is 15.4. The van der Waals surface area contributed by atoms with Gasteiger partial charge < -0.3 is 19.5 Å². The van der Waals surface area contributed by atoms with E-state index < -0.39 is 18.0 Å². The number of methoxy groups -OCH3 is 1. The summed E-state index contributed by atoms with van der Waals surface area (Å²) in [5, 5.41) is 14.0. The van der Waals surface area contributed by atoms with Gasteiger partial charge in [-0.05, 0) is 119 Å². The molecule has 2 amide bonds. The van der Waals surface area contributed by atoms with Crippen LogP contribution in [0.25, 0.3) is 11.1 Å². The summed E-state index contributed by atoms with van der Waals surface area (Å²) in [5.41, 5.74) is 3.65. The van der Waals surface area contributed by atoms with E-state index in [-0.39, 0.29) is 34.8 Å². The predicted molar refractivity (Wildman–Crippen MR) is 188 cm³/mol. The molecule has 8 rings (SSSR count). The highest BCUT2D eigenvalue weighted by Gasteiger charge is 2.51. The number of β-amino-alcohol motifs (C(OH)–C–C–N with tert-alkyl or cyclic N) is 1. The molecular formula is C39H50FN5O5. The van der Waals surface area contributed by atoms with Gasteiger partial charge in [0.05, 0.1) is 38.7 Å². The molecule has 5 aliphatic rings. The van der Waals surface area contributed by atoms with Crippen molar-refractivity contribution in [1.29, 1.82) is 0 Å². The van der Waals surface area contributed by atoms with E-state index in [1.54, 1.807) is 24.1 Å². The molecule has 1 saturated heterocycles. The zero-order chi connectivity index (χ0) is 35.2. The SMILES string of the molecule is COc1ccc(C23CCC(CN(c4cc(-c5cnn(C(C)C)c5)c(F)cn4)C(=O)[C@H]4CC[C@H](OC(=O)N5CC(O)C5)CC4)(CC2)CC3)cc1C. The molecule has 4 saturated carbocycles. The summed E-state index contributed by atoms with van der Waals surface area (Å²) in [5.74, 6) is 0.683. The van der Waals surface area contributed by atoms with E-state index in [2.05, 4.69) is 35.2 Å². The van der Waals surface area contributed by atoms with E-state index in [9.17, 15) is 14.7 Å². The van der Waals surface area contributed by atoms with Gasteiger partial charge in [0, 0.05) is 35.8 Å². The molecule has 4 aliphatic carbocycles. The molecular weight excluding hydrogens is 637 g/mol. The highest BCUT2D eigenvalue weighted by atomic mass is 19.1. The van der Waals surface area contributed by atoms with Crippen molar-refractivity contribution >= 4 is 17.8 Å². The van der Waals surface area contributed by atoms with E-state index in [0.29, 0.717) is 62.3 Å². The van der Waals surface area contributed by atoms with Crippen molar-refractivity contribution in [1.82, 2.24) is 19.7 Å². The molecule has 5 fully saturated rings.